The second kappa shape index (κ2) is 6.33. The summed E-state index contributed by atoms with van der Waals surface area (Å²) >= 11 is 6.10. The van der Waals surface area contributed by atoms with Gasteiger partial charge in [0.25, 0.3) is 0 Å². The van der Waals surface area contributed by atoms with Gasteiger partial charge in [-0.25, -0.2) is 0 Å². The molecule has 0 saturated carbocycles. The van der Waals surface area contributed by atoms with Gasteiger partial charge in [-0.1, -0.05) is 31.2 Å². The highest BCUT2D eigenvalue weighted by Crippen LogP contribution is 2.24. The van der Waals surface area contributed by atoms with Crippen molar-refractivity contribution >= 4 is 24.0 Å². The number of hydrogen-bond donors (Lipinski definition) is 1. The average Bonchev–Trinajstić information content (AvgIpc) is 2.27. The van der Waals surface area contributed by atoms with Crippen molar-refractivity contribution in [3.63, 3.8) is 0 Å². The van der Waals surface area contributed by atoms with Gasteiger partial charge in [-0.05, 0) is 17.0 Å². The summed E-state index contributed by atoms with van der Waals surface area (Å²) < 4.78 is 0. The zero-order valence-corrected chi connectivity index (χ0v) is 10.2. The lowest BCUT2D eigenvalue weighted by Crippen LogP contribution is -2.26. The van der Waals surface area contributed by atoms with Crippen LogP contribution in [-0.2, 0) is 6.42 Å². The summed E-state index contributed by atoms with van der Waals surface area (Å²) in [6.07, 6.45) is 0.933. The molecule has 0 amide bonds. The molecular formula is C11H17Cl2NO. The van der Waals surface area contributed by atoms with Crippen molar-refractivity contribution in [1.29, 1.82) is 0 Å². The van der Waals surface area contributed by atoms with Crippen LogP contribution < -0.4 is 5.32 Å². The molecule has 0 fully saturated rings. The Morgan fingerprint density at radius 3 is 2.73 bits per heavy atom. The van der Waals surface area contributed by atoms with Gasteiger partial charge in [-0.2, -0.15) is 0 Å². The molecule has 2 nitrogen and oxygen atoms in total. The van der Waals surface area contributed by atoms with Gasteiger partial charge >= 0.3 is 0 Å². The third-order valence-corrected chi connectivity index (χ3v) is 2.94. The fourth-order valence-electron chi connectivity index (χ4n) is 1.88. The van der Waals surface area contributed by atoms with Gasteiger partial charge in [0.05, 0.1) is 5.50 Å². The Hall–Kier alpha value is -0.280. The second-order valence-electron chi connectivity index (χ2n) is 3.68. The number of halogens is 2. The van der Waals surface area contributed by atoms with E-state index in [0.29, 0.717) is 5.92 Å². The van der Waals surface area contributed by atoms with Crippen molar-refractivity contribution in [3.05, 3.63) is 35.4 Å². The van der Waals surface area contributed by atoms with E-state index in [2.05, 4.69) is 36.5 Å². The zero-order valence-electron chi connectivity index (χ0n) is 8.66. The summed E-state index contributed by atoms with van der Waals surface area (Å²) in [5.74, 6) is 0.569. The molecule has 1 aliphatic rings. The lowest BCUT2D eigenvalue weighted by Gasteiger charge is -2.10. The van der Waals surface area contributed by atoms with Crippen molar-refractivity contribution < 1.29 is 5.48 Å². The van der Waals surface area contributed by atoms with E-state index >= 15 is 0 Å². The summed E-state index contributed by atoms with van der Waals surface area (Å²) in [4.78, 5) is 0. The molecule has 2 unspecified atom stereocenters. The van der Waals surface area contributed by atoms with E-state index in [-0.39, 0.29) is 23.4 Å². The Kier molecular flexibility index (Phi) is 6.22. The van der Waals surface area contributed by atoms with Crippen LogP contribution in [0.3, 0.4) is 0 Å². The quantitative estimate of drug-likeness (QED) is 0.556. The minimum Gasteiger partial charge on any atom is -0.412 e. The minimum absolute atomic E-state index is 0. The topological polar surface area (TPSA) is 43.5 Å². The van der Waals surface area contributed by atoms with Crippen LogP contribution in [0.25, 0.3) is 0 Å². The third-order valence-electron chi connectivity index (χ3n) is 2.63. The molecule has 3 N–H and O–H groups in total. The first-order valence-electron chi connectivity index (χ1n) is 4.72. The first-order valence-corrected chi connectivity index (χ1v) is 5.16. The van der Waals surface area contributed by atoms with E-state index in [9.17, 15) is 0 Å². The molecule has 1 aromatic rings. The predicted octanol–water partition coefficient (Wildman–Crippen LogP) is 2.10. The van der Waals surface area contributed by atoms with Crippen LogP contribution in [0.1, 0.15) is 24.0 Å². The maximum Gasteiger partial charge on any atom is 0.0866 e. The second-order valence-corrected chi connectivity index (χ2v) is 4.21. The van der Waals surface area contributed by atoms with E-state index in [1.165, 1.54) is 11.1 Å². The van der Waals surface area contributed by atoms with Crippen LogP contribution in [0.4, 0.5) is 0 Å². The zero-order chi connectivity index (χ0) is 9.26. The molecule has 15 heavy (non-hydrogen) atoms. The van der Waals surface area contributed by atoms with Crippen LogP contribution in [0, 0.1) is 0 Å². The first-order chi connectivity index (χ1) is 6.27. The van der Waals surface area contributed by atoms with Crippen LogP contribution in [-0.4, -0.2) is 17.5 Å². The number of rotatable bonds is 0. The number of alkyl halides is 1. The molecular weight excluding hydrogens is 233 g/mol. The van der Waals surface area contributed by atoms with Gasteiger partial charge in [-0.15, -0.1) is 24.0 Å². The van der Waals surface area contributed by atoms with Crippen molar-refractivity contribution in [2.24, 2.45) is 0 Å². The Labute approximate surface area is 102 Å². The van der Waals surface area contributed by atoms with Gasteiger partial charge in [0, 0.05) is 13.0 Å². The predicted molar refractivity (Wildman–Crippen MR) is 67.1 cm³/mol. The van der Waals surface area contributed by atoms with Crippen LogP contribution >= 0.6 is 24.0 Å². The third kappa shape index (κ3) is 3.35. The molecule has 1 aromatic carbocycles. The van der Waals surface area contributed by atoms with Gasteiger partial charge in [-0.3, -0.25) is 0 Å². The van der Waals surface area contributed by atoms with Crippen molar-refractivity contribution in [2.45, 2.75) is 24.8 Å². The summed E-state index contributed by atoms with van der Waals surface area (Å²) in [5.41, 5.74) is 2.92. The standard InChI is InChI=1S/C11H14ClN.ClH.H2O/c1-8-7-13-11(12)6-9-4-2-3-5-10(8)9;;/h2-5,8,11,13H,6-7H2,1H3;1H;1H2. The average molecular weight is 250 g/mol. The minimum atomic E-state index is 0. The Bertz CT molecular complexity index is 306. The number of benzene rings is 1. The van der Waals surface area contributed by atoms with Crippen LogP contribution in [0.15, 0.2) is 24.3 Å². The fraction of sp³-hybridized carbons (Fsp3) is 0.455. The largest absolute Gasteiger partial charge is 0.412 e. The van der Waals surface area contributed by atoms with Crippen molar-refractivity contribution in [1.82, 2.24) is 5.32 Å². The molecule has 0 aromatic heterocycles. The van der Waals surface area contributed by atoms with Gasteiger partial charge < -0.3 is 10.8 Å². The summed E-state index contributed by atoms with van der Waals surface area (Å²) in [6.45, 7) is 3.21. The molecule has 0 aliphatic carbocycles. The molecule has 0 spiro atoms. The van der Waals surface area contributed by atoms with Crippen molar-refractivity contribution in [3.8, 4) is 0 Å². The van der Waals surface area contributed by atoms with Gasteiger partial charge in [0.2, 0.25) is 0 Å². The molecule has 0 radical (unpaired) electrons. The Morgan fingerprint density at radius 2 is 2.00 bits per heavy atom. The molecule has 1 aliphatic heterocycles. The van der Waals surface area contributed by atoms with Gasteiger partial charge in [0.1, 0.15) is 0 Å². The van der Waals surface area contributed by atoms with E-state index in [0.717, 1.165) is 13.0 Å². The summed E-state index contributed by atoms with van der Waals surface area (Å²) in [7, 11) is 0. The number of hydrogen-bond acceptors (Lipinski definition) is 1. The van der Waals surface area contributed by atoms with Gasteiger partial charge in [0.15, 0.2) is 0 Å². The van der Waals surface area contributed by atoms with E-state index < -0.39 is 0 Å². The molecule has 0 saturated heterocycles. The Balaban J connectivity index is 0.000000980. The maximum absolute atomic E-state index is 6.10. The summed E-state index contributed by atoms with van der Waals surface area (Å²) in [6, 6.07) is 8.56. The normalized spacial score (nSPS) is 24.1. The van der Waals surface area contributed by atoms with Crippen LogP contribution in [0.2, 0.25) is 0 Å². The van der Waals surface area contributed by atoms with E-state index in [4.69, 9.17) is 11.6 Å². The molecule has 2 rings (SSSR count). The van der Waals surface area contributed by atoms with Crippen molar-refractivity contribution in [2.75, 3.05) is 6.54 Å². The number of fused-ring (bicyclic) bond motifs is 1. The van der Waals surface area contributed by atoms with E-state index in [1.54, 1.807) is 0 Å². The van der Waals surface area contributed by atoms with Crippen LogP contribution in [0.5, 0.6) is 0 Å². The molecule has 4 heteroatoms. The molecule has 1 heterocycles. The monoisotopic (exact) mass is 249 g/mol. The summed E-state index contributed by atoms with van der Waals surface area (Å²) in [5, 5.41) is 3.31. The maximum atomic E-state index is 6.10. The fourth-order valence-corrected chi connectivity index (χ4v) is 2.14. The molecule has 0 bridgehead atoms. The highest BCUT2D eigenvalue weighted by molar-refractivity contribution is 6.20. The highest BCUT2D eigenvalue weighted by Gasteiger charge is 2.17. The lowest BCUT2D eigenvalue weighted by molar-refractivity contribution is 0.612. The molecule has 86 valence electrons. The van der Waals surface area contributed by atoms with E-state index in [1.807, 2.05) is 0 Å². The smallest absolute Gasteiger partial charge is 0.0866 e. The lowest BCUT2D eigenvalue weighted by atomic mass is 9.96. The highest BCUT2D eigenvalue weighted by atomic mass is 35.5. The first kappa shape index (κ1) is 14.7. The Morgan fingerprint density at radius 1 is 1.33 bits per heavy atom. The SMILES string of the molecule is CC1CNC(Cl)Cc2ccccc21.Cl.O. The molecule has 2 atom stereocenters. The number of nitrogens with one attached hydrogen (secondary N) is 1.